The van der Waals surface area contributed by atoms with Crippen LogP contribution in [0.4, 0.5) is 0 Å². The van der Waals surface area contributed by atoms with Crippen LogP contribution in [0.5, 0.6) is 0 Å². The van der Waals surface area contributed by atoms with Gasteiger partial charge in [-0.2, -0.15) is 0 Å². The van der Waals surface area contributed by atoms with E-state index >= 15 is 0 Å². The van der Waals surface area contributed by atoms with Crippen LogP contribution in [-0.2, 0) is 4.74 Å². The number of nitrogens with one attached hydrogen (secondary N) is 1. The molecule has 0 spiro atoms. The lowest BCUT2D eigenvalue weighted by atomic mass is 10.1. The summed E-state index contributed by atoms with van der Waals surface area (Å²) in [5, 5.41) is 3.52. The van der Waals surface area contributed by atoms with E-state index in [4.69, 9.17) is 4.74 Å². The Hall–Kier alpha value is -0.120. The van der Waals surface area contributed by atoms with Crippen molar-refractivity contribution in [3.8, 4) is 0 Å². The monoisotopic (exact) mass is 228 g/mol. The zero-order valence-electron chi connectivity index (χ0n) is 11.0. The molecule has 0 aromatic carbocycles. The minimum absolute atomic E-state index is 0.851. The van der Waals surface area contributed by atoms with E-state index in [0.717, 1.165) is 19.1 Å². The molecule has 0 aromatic heterocycles. The third kappa shape index (κ3) is 5.83. The van der Waals surface area contributed by atoms with E-state index in [-0.39, 0.29) is 0 Å². The molecule has 96 valence electrons. The van der Waals surface area contributed by atoms with E-state index in [1.54, 1.807) is 0 Å². The van der Waals surface area contributed by atoms with Crippen molar-refractivity contribution in [3.05, 3.63) is 0 Å². The zero-order valence-corrected chi connectivity index (χ0v) is 11.0. The van der Waals surface area contributed by atoms with Crippen LogP contribution in [0.15, 0.2) is 0 Å². The van der Waals surface area contributed by atoms with Gasteiger partial charge >= 0.3 is 0 Å². The number of ether oxygens (including phenoxy) is 1. The minimum Gasteiger partial charge on any atom is -0.382 e. The van der Waals surface area contributed by atoms with E-state index in [1.807, 2.05) is 0 Å². The molecule has 0 aromatic rings. The molecule has 1 saturated heterocycles. The van der Waals surface area contributed by atoms with Gasteiger partial charge in [-0.15, -0.1) is 0 Å². The molecule has 0 amide bonds. The molecule has 0 radical (unpaired) electrons. The van der Waals surface area contributed by atoms with Gasteiger partial charge in [0.2, 0.25) is 0 Å². The average Bonchev–Trinajstić information content (AvgIpc) is 2.73. The summed E-state index contributed by atoms with van der Waals surface area (Å²) in [6.07, 6.45) is 3.79. The maximum absolute atomic E-state index is 5.36. The van der Waals surface area contributed by atoms with Crippen molar-refractivity contribution in [3.63, 3.8) is 0 Å². The number of likely N-dealkylation sites (tertiary alicyclic amines) is 1. The highest BCUT2D eigenvalue weighted by atomic mass is 16.5. The second-order valence-electron chi connectivity index (χ2n) is 4.71. The fraction of sp³-hybridized carbons (Fsp3) is 1.00. The lowest BCUT2D eigenvalue weighted by Crippen LogP contribution is -2.27. The first-order valence-corrected chi connectivity index (χ1v) is 6.87. The van der Waals surface area contributed by atoms with Gasteiger partial charge in [0.1, 0.15) is 0 Å². The molecule has 1 rings (SSSR count). The number of hydrogen-bond donors (Lipinski definition) is 1. The lowest BCUT2D eigenvalue weighted by molar-refractivity contribution is 0.135. The second kappa shape index (κ2) is 8.97. The summed E-state index contributed by atoms with van der Waals surface area (Å²) in [6, 6.07) is 0. The fourth-order valence-corrected chi connectivity index (χ4v) is 2.30. The summed E-state index contributed by atoms with van der Waals surface area (Å²) in [6.45, 7) is 12.2. The van der Waals surface area contributed by atoms with Gasteiger partial charge in [-0.3, -0.25) is 0 Å². The number of hydrogen-bond acceptors (Lipinski definition) is 3. The summed E-state index contributed by atoms with van der Waals surface area (Å²) in [5.41, 5.74) is 0. The molecule has 3 heteroatoms. The molecule has 0 bridgehead atoms. The van der Waals surface area contributed by atoms with Gasteiger partial charge in [0.15, 0.2) is 0 Å². The summed E-state index contributed by atoms with van der Waals surface area (Å²) >= 11 is 0. The third-order valence-electron chi connectivity index (χ3n) is 3.20. The average molecular weight is 228 g/mol. The molecule has 0 aliphatic carbocycles. The Kier molecular flexibility index (Phi) is 7.81. The molecule has 0 saturated carbocycles. The minimum atomic E-state index is 0.851. The number of rotatable bonds is 9. The molecule has 1 aliphatic rings. The first kappa shape index (κ1) is 13.9. The van der Waals surface area contributed by atoms with Crippen molar-refractivity contribution < 1.29 is 4.74 Å². The van der Waals surface area contributed by atoms with E-state index in [9.17, 15) is 0 Å². The van der Waals surface area contributed by atoms with E-state index in [0.29, 0.717) is 0 Å². The molecule has 1 atom stereocenters. The first-order chi connectivity index (χ1) is 7.86. The van der Waals surface area contributed by atoms with Gasteiger partial charge in [-0.25, -0.2) is 0 Å². The Balaban J connectivity index is 1.97. The Morgan fingerprint density at radius 3 is 3.00 bits per heavy atom. The zero-order chi connectivity index (χ0) is 11.6. The number of nitrogens with zero attached hydrogens (tertiary/aromatic N) is 1. The van der Waals surface area contributed by atoms with Crippen LogP contribution in [0.3, 0.4) is 0 Å². The highest BCUT2D eigenvalue weighted by Gasteiger charge is 2.21. The lowest BCUT2D eigenvalue weighted by Gasteiger charge is -2.16. The molecule has 1 fully saturated rings. The summed E-state index contributed by atoms with van der Waals surface area (Å²) in [4.78, 5) is 2.58. The van der Waals surface area contributed by atoms with Crippen LogP contribution < -0.4 is 5.32 Å². The highest BCUT2D eigenvalue weighted by Crippen LogP contribution is 2.15. The molecule has 1 heterocycles. The Bertz CT molecular complexity index is 164. The Morgan fingerprint density at radius 1 is 1.38 bits per heavy atom. The molecule has 1 N–H and O–H groups in total. The molecule has 16 heavy (non-hydrogen) atoms. The van der Waals surface area contributed by atoms with Gasteiger partial charge in [0, 0.05) is 26.3 Å². The predicted molar refractivity (Wildman–Crippen MR) is 68.8 cm³/mol. The topological polar surface area (TPSA) is 24.5 Å². The summed E-state index contributed by atoms with van der Waals surface area (Å²) in [7, 11) is 0. The van der Waals surface area contributed by atoms with Crippen LogP contribution in [-0.4, -0.2) is 50.8 Å². The maximum Gasteiger partial charge on any atom is 0.0478 e. The van der Waals surface area contributed by atoms with Crippen molar-refractivity contribution in [2.45, 2.75) is 33.1 Å². The van der Waals surface area contributed by atoms with Crippen molar-refractivity contribution in [1.82, 2.24) is 10.2 Å². The smallest absolute Gasteiger partial charge is 0.0478 e. The maximum atomic E-state index is 5.36. The predicted octanol–water partition coefficient (Wildman–Crippen LogP) is 1.73. The van der Waals surface area contributed by atoms with Crippen molar-refractivity contribution in [1.29, 1.82) is 0 Å². The third-order valence-corrected chi connectivity index (χ3v) is 3.20. The normalized spacial score (nSPS) is 21.8. The van der Waals surface area contributed by atoms with E-state index < -0.39 is 0 Å². The summed E-state index contributed by atoms with van der Waals surface area (Å²) < 4.78 is 5.36. The standard InChI is InChI=1S/C13H28N2O/c1-3-7-14-11-13-6-9-15(12-13)8-5-10-16-4-2/h13-14H,3-12H2,1-2H3. The Morgan fingerprint density at radius 2 is 2.25 bits per heavy atom. The molecule has 3 nitrogen and oxygen atoms in total. The van der Waals surface area contributed by atoms with E-state index in [2.05, 4.69) is 24.1 Å². The Labute approximate surface area is 101 Å². The van der Waals surface area contributed by atoms with Crippen LogP contribution in [0.25, 0.3) is 0 Å². The second-order valence-corrected chi connectivity index (χ2v) is 4.71. The van der Waals surface area contributed by atoms with Crippen LogP contribution in [0.1, 0.15) is 33.1 Å². The molecular formula is C13H28N2O. The van der Waals surface area contributed by atoms with Gasteiger partial charge in [-0.05, 0) is 51.7 Å². The SMILES string of the molecule is CCCNCC1CCN(CCCOCC)C1. The van der Waals surface area contributed by atoms with Gasteiger partial charge in [-0.1, -0.05) is 6.92 Å². The van der Waals surface area contributed by atoms with Gasteiger partial charge in [0.25, 0.3) is 0 Å². The van der Waals surface area contributed by atoms with Crippen molar-refractivity contribution >= 4 is 0 Å². The van der Waals surface area contributed by atoms with Crippen LogP contribution >= 0.6 is 0 Å². The summed E-state index contributed by atoms with van der Waals surface area (Å²) in [5.74, 6) is 0.874. The van der Waals surface area contributed by atoms with E-state index in [1.165, 1.54) is 52.0 Å². The first-order valence-electron chi connectivity index (χ1n) is 6.87. The van der Waals surface area contributed by atoms with Crippen molar-refractivity contribution in [2.75, 3.05) is 45.9 Å². The quantitative estimate of drug-likeness (QED) is 0.608. The largest absolute Gasteiger partial charge is 0.382 e. The molecule has 1 unspecified atom stereocenters. The van der Waals surface area contributed by atoms with Gasteiger partial charge < -0.3 is 15.0 Å². The molecular weight excluding hydrogens is 200 g/mol. The van der Waals surface area contributed by atoms with Gasteiger partial charge in [0.05, 0.1) is 0 Å². The fourth-order valence-electron chi connectivity index (χ4n) is 2.30. The van der Waals surface area contributed by atoms with Crippen LogP contribution in [0, 0.1) is 5.92 Å². The highest BCUT2D eigenvalue weighted by molar-refractivity contribution is 4.76. The van der Waals surface area contributed by atoms with Crippen molar-refractivity contribution in [2.24, 2.45) is 5.92 Å². The van der Waals surface area contributed by atoms with Crippen LogP contribution in [0.2, 0.25) is 0 Å². The molecule has 1 aliphatic heterocycles.